The van der Waals surface area contributed by atoms with Crippen LogP contribution in [0.1, 0.15) is 20.7 Å². The van der Waals surface area contributed by atoms with E-state index >= 15 is 0 Å². The summed E-state index contributed by atoms with van der Waals surface area (Å²) in [6.45, 7) is 0. The fourth-order valence-electron chi connectivity index (χ4n) is 2.65. The lowest BCUT2D eigenvalue weighted by atomic mass is 10.1. The molecule has 142 valence electrons. The molecule has 3 aromatic carbocycles. The number of amides is 2. The van der Waals surface area contributed by atoms with E-state index in [0.29, 0.717) is 34.0 Å². The third-order valence-electron chi connectivity index (χ3n) is 4.07. The fraction of sp³-hybridized carbons (Fsp3) is 0.0909. The Morgan fingerprint density at radius 2 is 1.39 bits per heavy atom. The van der Waals surface area contributed by atoms with E-state index in [9.17, 15) is 9.59 Å². The largest absolute Gasteiger partial charge is 0.497 e. The van der Waals surface area contributed by atoms with Gasteiger partial charge in [-0.15, -0.1) is 0 Å². The molecule has 3 aromatic rings. The number of hydrogen-bond donors (Lipinski definition) is 2. The van der Waals surface area contributed by atoms with Gasteiger partial charge in [0, 0.05) is 23.0 Å². The van der Waals surface area contributed by atoms with Crippen molar-refractivity contribution in [1.82, 2.24) is 0 Å². The Bertz CT molecular complexity index is 987. The van der Waals surface area contributed by atoms with E-state index in [1.165, 1.54) is 7.11 Å². The molecule has 0 aliphatic rings. The Kier molecular flexibility index (Phi) is 5.91. The monoisotopic (exact) mass is 376 g/mol. The predicted molar refractivity (Wildman–Crippen MR) is 108 cm³/mol. The maximum absolute atomic E-state index is 12.6. The summed E-state index contributed by atoms with van der Waals surface area (Å²) in [7, 11) is 3.04. The summed E-state index contributed by atoms with van der Waals surface area (Å²) < 4.78 is 10.4. The number of hydrogen-bond acceptors (Lipinski definition) is 4. The Labute approximate surface area is 163 Å². The van der Waals surface area contributed by atoms with Gasteiger partial charge in [-0.1, -0.05) is 24.3 Å². The van der Waals surface area contributed by atoms with E-state index in [-0.39, 0.29) is 11.8 Å². The minimum absolute atomic E-state index is 0.221. The first-order chi connectivity index (χ1) is 13.6. The van der Waals surface area contributed by atoms with Crippen molar-refractivity contribution in [2.24, 2.45) is 0 Å². The fourth-order valence-corrected chi connectivity index (χ4v) is 2.65. The Morgan fingerprint density at radius 1 is 0.714 bits per heavy atom. The zero-order valence-electron chi connectivity index (χ0n) is 15.6. The van der Waals surface area contributed by atoms with Crippen molar-refractivity contribution >= 4 is 23.2 Å². The van der Waals surface area contributed by atoms with Gasteiger partial charge in [-0.2, -0.15) is 0 Å². The van der Waals surface area contributed by atoms with Gasteiger partial charge in [0.1, 0.15) is 11.5 Å². The van der Waals surface area contributed by atoms with Crippen molar-refractivity contribution in [2.45, 2.75) is 0 Å². The van der Waals surface area contributed by atoms with Gasteiger partial charge in [0.2, 0.25) is 0 Å². The number of carbonyl (C=O) groups excluding carboxylic acids is 2. The van der Waals surface area contributed by atoms with Gasteiger partial charge in [0.05, 0.1) is 19.8 Å². The lowest BCUT2D eigenvalue weighted by Gasteiger charge is -2.12. The van der Waals surface area contributed by atoms with Gasteiger partial charge in [-0.25, -0.2) is 0 Å². The highest BCUT2D eigenvalue weighted by Gasteiger charge is 2.14. The molecule has 0 saturated carbocycles. The topological polar surface area (TPSA) is 76.7 Å². The van der Waals surface area contributed by atoms with E-state index in [1.54, 1.807) is 73.8 Å². The quantitative estimate of drug-likeness (QED) is 0.676. The van der Waals surface area contributed by atoms with Gasteiger partial charge in [-0.3, -0.25) is 9.59 Å². The second kappa shape index (κ2) is 8.73. The molecule has 0 aliphatic carbocycles. The molecule has 3 rings (SSSR count). The Hall–Kier alpha value is -3.80. The number of ether oxygens (including phenoxy) is 2. The number of benzene rings is 3. The summed E-state index contributed by atoms with van der Waals surface area (Å²) in [5.41, 5.74) is 2.06. The van der Waals surface area contributed by atoms with Crippen molar-refractivity contribution in [3.8, 4) is 11.5 Å². The predicted octanol–water partition coefficient (Wildman–Crippen LogP) is 4.21. The van der Waals surface area contributed by atoms with Gasteiger partial charge in [0.15, 0.2) is 0 Å². The molecule has 28 heavy (non-hydrogen) atoms. The SMILES string of the molecule is COc1ccc(C(=O)Nc2cccc(NC(=O)c3ccccc3)c2)c(OC)c1. The minimum atomic E-state index is -0.328. The van der Waals surface area contributed by atoms with Crippen LogP contribution in [0.15, 0.2) is 72.8 Å². The first-order valence-electron chi connectivity index (χ1n) is 8.60. The van der Waals surface area contributed by atoms with Crippen LogP contribution in [-0.2, 0) is 0 Å². The molecule has 6 heteroatoms. The highest BCUT2D eigenvalue weighted by Crippen LogP contribution is 2.26. The minimum Gasteiger partial charge on any atom is -0.497 e. The Morgan fingerprint density at radius 3 is 2.04 bits per heavy atom. The molecular weight excluding hydrogens is 356 g/mol. The molecule has 0 radical (unpaired) electrons. The van der Waals surface area contributed by atoms with Crippen LogP contribution in [0.2, 0.25) is 0 Å². The highest BCUT2D eigenvalue weighted by molar-refractivity contribution is 6.07. The summed E-state index contributed by atoms with van der Waals surface area (Å²) in [6, 6.07) is 20.8. The zero-order chi connectivity index (χ0) is 19.9. The molecule has 0 bridgehead atoms. The van der Waals surface area contributed by atoms with Crippen molar-refractivity contribution in [3.63, 3.8) is 0 Å². The van der Waals surface area contributed by atoms with Crippen LogP contribution in [0.5, 0.6) is 11.5 Å². The average Bonchev–Trinajstić information content (AvgIpc) is 2.74. The van der Waals surface area contributed by atoms with E-state index < -0.39 is 0 Å². The second-order valence-corrected chi connectivity index (χ2v) is 5.92. The normalized spacial score (nSPS) is 10.1. The first kappa shape index (κ1) is 19.0. The van der Waals surface area contributed by atoms with Crippen molar-refractivity contribution in [3.05, 3.63) is 83.9 Å². The molecule has 2 N–H and O–H groups in total. The van der Waals surface area contributed by atoms with Gasteiger partial charge in [-0.05, 0) is 42.5 Å². The van der Waals surface area contributed by atoms with Crippen molar-refractivity contribution in [2.75, 3.05) is 24.9 Å². The second-order valence-electron chi connectivity index (χ2n) is 5.92. The average molecular weight is 376 g/mol. The van der Waals surface area contributed by atoms with Crippen molar-refractivity contribution in [1.29, 1.82) is 0 Å². The summed E-state index contributed by atoms with van der Waals surface area (Å²) in [6.07, 6.45) is 0. The highest BCUT2D eigenvalue weighted by atomic mass is 16.5. The molecular formula is C22H20N2O4. The molecule has 0 fully saturated rings. The summed E-state index contributed by atoms with van der Waals surface area (Å²) in [5, 5.41) is 5.63. The molecule has 2 amide bonds. The smallest absolute Gasteiger partial charge is 0.259 e. The molecule has 0 saturated heterocycles. The van der Waals surface area contributed by atoms with Gasteiger partial charge < -0.3 is 20.1 Å². The molecule has 0 heterocycles. The molecule has 6 nitrogen and oxygen atoms in total. The number of rotatable bonds is 6. The van der Waals surface area contributed by atoms with E-state index in [1.807, 2.05) is 6.07 Å². The zero-order valence-corrected chi connectivity index (χ0v) is 15.6. The van der Waals surface area contributed by atoms with Crippen LogP contribution in [0.25, 0.3) is 0 Å². The van der Waals surface area contributed by atoms with Crippen molar-refractivity contribution < 1.29 is 19.1 Å². The number of carbonyl (C=O) groups is 2. The van der Waals surface area contributed by atoms with E-state index in [0.717, 1.165) is 0 Å². The lowest BCUT2D eigenvalue weighted by Crippen LogP contribution is -2.14. The maximum atomic E-state index is 12.6. The van der Waals surface area contributed by atoms with Gasteiger partial charge in [0.25, 0.3) is 11.8 Å². The summed E-state index contributed by atoms with van der Waals surface area (Å²) in [4.78, 5) is 24.9. The summed E-state index contributed by atoms with van der Waals surface area (Å²) in [5.74, 6) is 0.455. The number of anilines is 2. The van der Waals surface area contributed by atoms with Crippen LogP contribution < -0.4 is 20.1 Å². The van der Waals surface area contributed by atoms with E-state index in [2.05, 4.69) is 10.6 Å². The van der Waals surface area contributed by atoms with Crippen LogP contribution in [-0.4, -0.2) is 26.0 Å². The van der Waals surface area contributed by atoms with Crippen LogP contribution in [0, 0.1) is 0 Å². The Balaban J connectivity index is 1.74. The molecule has 0 unspecified atom stereocenters. The van der Waals surface area contributed by atoms with Crippen LogP contribution in [0.3, 0.4) is 0 Å². The lowest BCUT2D eigenvalue weighted by molar-refractivity contribution is 0.101. The van der Waals surface area contributed by atoms with E-state index in [4.69, 9.17) is 9.47 Å². The third kappa shape index (κ3) is 4.48. The van der Waals surface area contributed by atoms with Crippen LogP contribution in [0.4, 0.5) is 11.4 Å². The van der Waals surface area contributed by atoms with Crippen LogP contribution >= 0.6 is 0 Å². The molecule has 0 aliphatic heterocycles. The summed E-state index contributed by atoms with van der Waals surface area (Å²) >= 11 is 0. The maximum Gasteiger partial charge on any atom is 0.259 e. The number of methoxy groups -OCH3 is 2. The number of nitrogens with one attached hydrogen (secondary N) is 2. The first-order valence-corrected chi connectivity index (χ1v) is 8.60. The molecule has 0 aromatic heterocycles. The third-order valence-corrected chi connectivity index (χ3v) is 4.07. The molecule has 0 atom stereocenters. The molecule has 0 spiro atoms. The standard InChI is InChI=1S/C22H20N2O4/c1-27-18-11-12-19(20(14-18)28-2)22(26)24-17-10-6-9-16(13-17)23-21(25)15-7-4-3-5-8-15/h3-14H,1-2H3,(H,23,25)(H,24,26). The van der Waals surface area contributed by atoms with Gasteiger partial charge >= 0.3 is 0 Å².